The SMILES string of the molecule is COC(=O)[C@H](Cc1ccccc1)NC(=O)c1c(F)cccc1F. The van der Waals surface area contributed by atoms with Crippen molar-refractivity contribution in [3.05, 3.63) is 71.3 Å². The number of hydrogen-bond acceptors (Lipinski definition) is 3. The summed E-state index contributed by atoms with van der Waals surface area (Å²) in [6.45, 7) is 0. The fraction of sp³-hybridized carbons (Fsp3) is 0.176. The van der Waals surface area contributed by atoms with E-state index in [1.54, 1.807) is 24.3 Å². The van der Waals surface area contributed by atoms with Crippen molar-refractivity contribution in [2.45, 2.75) is 12.5 Å². The first kappa shape index (κ1) is 16.6. The normalized spacial score (nSPS) is 11.6. The minimum absolute atomic E-state index is 0.148. The van der Waals surface area contributed by atoms with Crippen LogP contribution in [0.15, 0.2) is 48.5 Å². The summed E-state index contributed by atoms with van der Waals surface area (Å²) in [6.07, 6.45) is 0.148. The van der Waals surface area contributed by atoms with E-state index in [0.29, 0.717) is 0 Å². The van der Waals surface area contributed by atoms with E-state index in [-0.39, 0.29) is 6.42 Å². The molecule has 0 aliphatic rings. The topological polar surface area (TPSA) is 55.4 Å². The lowest BCUT2D eigenvalue weighted by atomic mass is 10.1. The summed E-state index contributed by atoms with van der Waals surface area (Å²) >= 11 is 0. The molecule has 0 heterocycles. The van der Waals surface area contributed by atoms with Gasteiger partial charge in [-0.1, -0.05) is 36.4 Å². The second-order valence-corrected chi connectivity index (χ2v) is 4.84. The number of carbonyl (C=O) groups is 2. The van der Waals surface area contributed by atoms with Gasteiger partial charge in [0, 0.05) is 6.42 Å². The summed E-state index contributed by atoms with van der Waals surface area (Å²) in [5.41, 5.74) is 0.0478. The quantitative estimate of drug-likeness (QED) is 0.862. The highest BCUT2D eigenvalue weighted by Crippen LogP contribution is 2.13. The van der Waals surface area contributed by atoms with Crippen LogP contribution in [0.5, 0.6) is 0 Å². The maximum atomic E-state index is 13.6. The highest BCUT2D eigenvalue weighted by atomic mass is 19.1. The smallest absolute Gasteiger partial charge is 0.328 e. The van der Waals surface area contributed by atoms with Crippen LogP contribution in [-0.4, -0.2) is 25.0 Å². The minimum atomic E-state index is -1.05. The number of benzene rings is 2. The maximum absolute atomic E-state index is 13.6. The van der Waals surface area contributed by atoms with Crippen LogP contribution in [0.1, 0.15) is 15.9 Å². The van der Waals surface area contributed by atoms with Crippen molar-refractivity contribution in [2.24, 2.45) is 0 Å². The molecule has 0 saturated heterocycles. The molecule has 23 heavy (non-hydrogen) atoms. The molecule has 0 spiro atoms. The average molecular weight is 319 g/mol. The molecule has 0 saturated carbocycles. The largest absolute Gasteiger partial charge is 0.467 e. The Morgan fingerprint density at radius 1 is 1.04 bits per heavy atom. The molecule has 0 fully saturated rings. The predicted molar refractivity (Wildman–Crippen MR) is 79.8 cm³/mol. The first-order chi connectivity index (χ1) is 11.0. The number of hydrogen-bond donors (Lipinski definition) is 1. The van der Waals surface area contributed by atoms with E-state index in [2.05, 4.69) is 10.1 Å². The fourth-order valence-electron chi connectivity index (χ4n) is 2.13. The second-order valence-electron chi connectivity index (χ2n) is 4.84. The first-order valence-corrected chi connectivity index (χ1v) is 6.89. The maximum Gasteiger partial charge on any atom is 0.328 e. The molecule has 0 unspecified atom stereocenters. The van der Waals surface area contributed by atoms with Crippen molar-refractivity contribution in [2.75, 3.05) is 7.11 Å². The van der Waals surface area contributed by atoms with E-state index in [4.69, 9.17) is 0 Å². The van der Waals surface area contributed by atoms with E-state index in [9.17, 15) is 18.4 Å². The molecule has 1 N–H and O–H groups in total. The third-order valence-electron chi connectivity index (χ3n) is 3.26. The standard InChI is InChI=1S/C17H15F2NO3/c1-23-17(22)14(10-11-6-3-2-4-7-11)20-16(21)15-12(18)8-5-9-13(15)19/h2-9,14H,10H2,1H3,(H,20,21)/t14-/m0/s1. The predicted octanol–water partition coefficient (Wildman–Crippen LogP) is 2.48. The average Bonchev–Trinajstić information content (AvgIpc) is 2.54. The van der Waals surface area contributed by atoms with Crippen LogP contribution in [0.25, 0.3) is 0 Å². The summed E-state index contributed by atoms with van der Waals surface area (Å²) < 4.78 is 31.9. The zero-order valence-corrected chi connectivity index (χ0v) is 12.4. The van der Waals surface area contributed by atoms with Crippen LogP contribution < -0.4 is 5.32 Å². The van der Waals surface area contributed by atoms with E-state index >= 15 is 0 Å². The number of halogens is 2. The fourth-order valence-corrected chi connectivity index (χ4v) is 2.13. The van der Waals surface area contributed by atoms with Gasteiger partial charge in [0.25, 0.3) is 5.91 Å². The van der Waals surface area contributed by atoms with Gasteiger partial charge < -0.3 is 10.1 Å². The third-order valence-corrected chi connectivity index (χ3v) is 3.26. The van der Waals surface area contributed by atoms with Crippen molar-refractivity contribution < 1.29 is 23.1 Å². The monoisotopic (exact) mass is 319 g/mol. The summed E-state index contributed by atoms with van der Waals surface area (Å²) in [6, 6.07) is 11.0. The molecule has 1 atom stereocenters. The molecule has 0 radical (unpaired) electrons. The number of esters is 1. The van der Waals surface area contributed by atoms with Gasteiger partial charge in [0.2, 0.25) is 0 Å². The van der Waals surface area contributed by atoms with Crippen LogP contribution in [0.4, 0.5) is 8.78 Å². The van der Waals surface area contributed by atoms with Gasteiger partial charge in [0.15, 0.2) is 0 Å². The molecule has 0 aliphatic carbocycles. The molecule has 2 rings (SSSR count). The van der Waals surface area contributed by atoms with Crippen LogP contribution in [0.3, 0.4) is 0 Å². The van der Waals surface area contributed by atoms with E-state index < -0.39 is 35.1 Å². The number of rotatable bonds is 5. The van der Waals surface area contributed by atoms with Gasteiger partial charge in [0.05, 0.1) is 7.11 Å². The second kappa shape index (κ2) is 7.49. The Hall–Kier alpha value is -2.76. The Balaban J connectivity index is 2.21. The number of amides is 1. The van der Waals surface area contributed by atoms with Crippen molar-refractivity contribution in [3.63, 3.8) is 0 Å². The van der Waals surface area contributed by atoms with Crippen molar-refractivity contribution >= 4 is 11.9 Å². The Kier molecular flexibility index (Phi) is 5.41. The number of ether oxygens (including phenoxy) is 1. The van der Waals surface area contributed by atoms with E-state index in [0.717, 1.165) is 23.8 Å². The summed E-state index contributed by atoms with van der Waals surface area (Å²) in [5, 5.41) is 2.32. The van der Waals surface area contributed by atoms with Gasteiger partial charge in [-0.3, -0.25) is 4.79 Å². The summed E-state index contributed by atoms with van der Waals surface area (Å²) in [7, 11) is 1.18. The lowest BCUT2D eigenvalue weighted by molar-refractivity contribution is -0.142. The molecule has 2 aromatic carbocycles. The molecule has 2 aromatic rings. The van der Waals surface area contributed by atoms with Crippen molar-refractivity contribution in [1.82, 2.24) is 5.32 Å². The first-order valence-electron chi connectivity index (χ1n) is 6.89. The Morgan fingerprint density at radius 3 is 2.22 bits per heavy atom. The molecule has 0 bridgehead atoms. The number of carbonyl (C=O) groups excluding carboxylic acids is 2. The zero-order valence-electron chi connectivity index (χ0n) is 12.4. The Morgan fingerprint density at radius 2 is 1.65 bits per heavy atom. The zero-order chi connectivity index (χ0) is 16.8. The van der Waals surface area contributed by atoms with Crippen LogP contribution in [0, 0.1) is 11.6 Å². The molecule has 6 heteroatoms. The minimum Gasteiger partial charge on any atom is -0.467 e. The van der Waals surface area contributed by atoms with Gasteiger partial charge in [-0.05, 0) is 17.7 Å². The van der Waals surface area contributed by atoms with Crippen LogP contribution >= 0.6 is 0 Å². The van der Waals surface area contributed by atoms with Crippen LogP contribution in [-0.2, 0) is 16.0 Å². The third kappa shape index (κ3) is 4.12. The lowest BCUT2D eigenvalue weighted by Gasteiger charge is -2.17. The van der Waals surface area contributed by atoms with Crippen LogP contribution in [0.2, 0.25) is 0 Å². The Bertz CT molecular complexity index is 684. The van der Waals surface area contributed by atoms with Crippen molar-refractivity contribution in [3.8, 4) is 0 Å². The molecular weight excluding hydrogens is 304 g/mol. The summed E-state index contributed by atoms with van der Waals surface area (Å²) in [5.74, 6) is -3.69. The van der Waals surface area contributed by atoms with Gasteiger partial charge in [-0.2, -0.15) is 0 Å². The van der Waals surface area contributed by atoms with Crippen molar-refractivity contribution in [1.29, 1.82) is 0 Å². The number of methoxy groups -OCH3 is 1. The van der Waals surface area contributed by atoms with Gasteiger partial charge in [-0.15, -0.1) is 0 Å². The van der Waals surface area contributed by atoms with E-state index in [1.807, 2.05) is 6.07 Å². The highest BCUT2D eigenvalue weighted by molar-refractivity contribution is 5.97. The lowest BCUT2D eigenvalue weighted by Crippen LogP contribution is -2.43. The highest BCUT2D eigenvalue weighted by Gasteiger charge is 2.25. The molecule has 0 aromatic heterocycles. The summed E-state index contributed by atoms with van der Waals surface area (Å²) in [4.78, 5) is 23.9. The molecule has 0 aliphatic heterocycles. The Labute approximate surface area is 132 Å². The number of nitrogens with one attached hydrogen (secondary N) is 1. The molecule has 4 nitrogen and oxygen atoms in total. The molecular formula is C17H15F2NO3. The molecule has 120 valence electrons. The van der Waals surface area contributed by atoms with Gasteiger partial charge >= 0.3 is 5.97 Å². The molecule has 1 amide bonds. The van der Waals surface area contributed by atoms with Gasteiger partial charge in [-0.25, -0.2) is 13.6 Å². The van der Waals surface area contributed by atoms with Gasteiger partial charge in [0.1, 0.15) is 23.2 Å². The van der Waals surface area contributed by atoms with E-state index in [1.165, 1.54) is 7.11 Å².